The summed E-state index contributed by atoms with van der Waals surface area (Å²) in [5, 5.41) is 14.2. The maximum Gasteiger partial charge on any atom is 0.165 e. The molecule has 0 saturated carbocycles. The molecule has 0 radical (unpaired) electrons. The highest BCUT2D eigenvalue weighted by molar-refractivity contribution is 7.93. The number of hydrogen-bond acceptors (Lipinski definition) is 5. The number of amidine groups is 1. The van der Waals surface area contributed by atoms with Gasteiger partial charge in [0, 0.05) is 38.8 Å². The molecule has 3 aromatic rings. The summed E-state index contributed by atoms with van der Waals surface area (Å²) in [5.74, 6) is 6.05. The van der Waals surface area contributed by atoms with E-state index < -0.39 is 20.1 Å². The van der Waals surface area contributed by atoms with Gasteiger partial charge < -0.3 is 10.1 Å². The Morgan fingerprint density at radius 1 is 1.19 bits per heavy atom. The number of benzene rings is 2. The van der Waals surface area contributed by atoms with Crippen LogP contribution in [0.3, 0.4) is 0 Å². The van der Waals surface area contributed by atoms with E-state index in [4.69, 9.17) is 10.1 Å². The molecule has 3 heterocycles. The van der Waals surface area contributed by atoms with Crippen LogP contribution in [-0.2, 0) is 20.1 Å². The van der Waals surface area contributed by atoms with Crippen LogP contribution >= 0.6 is 11.3 Å². The van der Waals surface area contributed by atoms with Crippen LogP contribution < -0.4 is 5.32 Å². The summed E-state index contributed by atoms with van der Waals surface area (Å²) in [7, 11) is -3.58. The summed E-state index contributed by atoms with van der Waals surface area (Å²) < 4.78 is 33.5. The zero-order valence-corrected chi connectivity index (χ0v) is 20.0. The van der Waals surface area contributed by atoms with Crippen molar-refractivity contribution in [2.24, 2.45) is 0 Å². The van der Waals surface area contributed by atoms with Crippen LogP contribution in [0.15, 0.2) is 36.4 Å². The molecule has 2 aliphatic heterocycles. The van der Waals surface area contributed by atoms with Crippen molar-refractivity contribution in [3.05, 3.63) is 47.5 Å². The fraction of sp³-hybridized carbons (Fsp3) is 0.400. The highest BCUT2D eigenvalue weighted by atomic mass is 32.2. The summed E-state index contributed by atoms with van der Waals surface area (Å²) >= 11 is 1.72. The second-order valence-corrected chi connectivity index (χ2v) is 12.7. The third kappa shape index (κ3) is 3.24. The molecule has 0 bridgehead atoms. The maximum absolute atomic E-state index is 13.5. The first kappa shape index (κ1) is 21.4. The number of thiophene rings is 1. The molecular formula is C25H26N2O3S2. The Kier molecular flexibility index (Phi) is 4.90. The third-order valence-corrected chi connectivity index (χ3v) is 10.7. The molecule has 5 rings (SSSR count). The minimum absolute atomic E-state index is 0.0533. The zero-order chi connectivity index (χ0) is 22.7. The highest BCUT2D eigenvalue weighted by Crippen LogP contribution is 2.41. The fourth-order valence-electron chi connectivity index (χ4n) is 4.75. The number of ether oxygens (including phenoxy) is 1. The molecule has 1 aromatic heterocycles. The predicted molar refractivity (Wildman–Crippen MR) is 131 cm³/mol. The van der Waals surface area contributed by atoms with Crippen molar-refractivity contribution in [3.63, 3.8) is 0 Å². The summed E-state index contributed by atoms with van der Waals surface area (Å²) in [6, 6.07) is 12.3. The van der Waals surface area contributed by atoms with Crippen LogP contribution in [-0.4, -0.2) is 37.5 Å². The monoisotopic (exact) mass is 466 g/mol. The molecule has 2 N–H and O–H groups in total. The normalized spacial score (nSPS) is 29.2. The zero-order valence-electron chi connectivity index (χ0n) is 18.4. The minimum Gasteiger partial charge on any atom is -0.378 e. The molecule has 1 unspecified atom stereocenters. The van der Waals surface area contributed by atoms with Gasteiger partial charge in [0.25, 0.3) is 0 Å². The molecule has 0 spiro atoms. The maximum atomic E-state index is 13.5. The van der Waals surface area contributed by atoms with Crippen LogP contribution in [0.4, 0.5) is 0 Å². The average Bonchev–Trinajstić information content (AvgIpc) is 3.06. The first-order chi connectivity index (χ1) is 15.1. The van der Waals surface area contributed by atoms with Crippen molar-refractivity contribution in [2.75, 3.05) is 12.4 Å². The summed E-state index contributed by atoms with van der Waals surface area (Å²) in [5.41, 5.74) is 0.955. The van der Waals surface area contributed by atoms with Crippen LogP contribution in [0, 0.1) is 17.3 Å². The lowest BCUT2D eigenvalue weighted by Crippen LogP contribution is -2.66. The largest absolute Gasteiger partial charge is 0.378 e. The average molecular weight is 467 g/mol. The van der Waals surface area contributed by atoms with Gasteiger partial charge in [0.2, 0.25) is 0 Å². The Morgan fingerprint density at radius 2 is 1.88 bits per heavy atom. The number of rotatable bonds is 3. The lowest BCUT2D eigenvalue weighted by Gasteiger charge is -2.46. The van der Waals surface area contributed by atoms with E-state index in [1.54, 1.807) is 18.3 Å². The van der Waals surface area contributed by atoms with E-state index in [0.717, 1.165) is 33.0 Å². The Morgan fingerprint density at radius 3 is 2.50 bits per heavy atom. The van der Waals surface area contributed by atoms with Crippen molar-refractivity contribution in [1.29, 1.82) is 5.41 Å². The molecule has 0 aliphatic carbocycles. The molecule has 2 saturated heterocycles. The standard InChI is InChI=1S/C25H26N2O3S2/c1-4-5-16-6-8-21-19(12-16)20-13-17(7-9-22(20)31-21)24(2)15-32(28,29)25(3,23(26)27-24)14-18-10-11-30-18/h6-9,12-13,18H,10-11,14-15H2,1-3H3,(H2,26,27)/t18?,24-,25-/m0/s1. The smallest absolute Gasteiger partial charge is 0.165 e. The van der Waals surface area contributed by atoms with Gasteiger partial charge in [0.1, 0.15) is 10.6 Å². The predicted octanol–water partition coefficient (Wildman–Crippen LogP) is 4.57. The van der Waals surface area contributed by atoms with Crippen LogP contribution in [0.1, 0.15) is 44.7 Å². The second kappa shape index (κ2) is 7.31. The van der Waals surface area contributed by atoms with E-state index in [0.29, 0.717) is 13.0 Å². The molecule has 166 valence electrons. The van der Waals surface area contributed by atoms with Gasteiger partial charge >= 0.3 is 0 Å². The van der Waals surface area contributed by atoms with Crippen LogP contribution in [0.5, 0.6) is 0 Å². The van der Waals surface area contributed by atoms with Crippen molar-refractivity contribution in [3.8, 4) is 11.8 Å². The first-order valence-corrected chi connectivity index (χ1v) is 13.2. The van der Waals surface area contributed by atoms with Crippen molar-refractivity contribution in [2.45, 2.75) is 50.0 Å². The molecule has 32 heavy (non-hydrogen) atoms. The Hall–Kier alpha value is -2.40. The van der Waals surface area contributed by atoms with Crippen LogP contribution in [0.2, 0.25) is 0 Å². The number of hydrogen-bond donors (Lipinski definition) is 2. The minimum atomic E-state index is -3.58. The van der Waals surface area contributed by atoms with E-state index in [-0.39, 0.29) is 17.7 Å². The third-order valence-electron chi connectivity index (χ3n) is 6.88. The summed E-state index contributed by atoms with van der Waals surface area (Å²) in [6.07, 6.45) is 1.09. The topological polar surface area (TPSA) is 79.2 Å². The highest BCUT2D eigenvalue weighted by Gasteiger charge is 2.54. The van der Waals surface area contributed by atoms with Crippen molar-refractivity contribution < 1.29 is 13.2 Å². The second-order valence-electron chi connectivity index (χ2n) is 9.21. The van der Waals surface area contributed by atoms with Gasteiger partial charge in [0.15, 0.2) is 9.84 Å². The van der Waals surface area contributed by atoms with Gasteiger partial charge in [-0.05, 0) is 63.1 Å². The summed E-state index contributed by atoms with van der Waals surface area (Å²) in [4.78, 5) is 0. The Balaban J connectivity index is 1.57. The molecule has 3 atom stereocenters. The molecule has 2 aliphatic rings. The number of sulfone groups is 1. The SMILES string of the molecule is CC#Cc1ccc2sc3ccc([C@]4(C)CS(=O)(=O)[C@@](C)(CC5CCO5)C(=N)N4)cc3c2c1. The molecule has 0 amide bonds. The fourth-order valence-corrected chi connectivity index (χ4v) is 7.93. The van der Waals surface area contributed by atoms with Gasteiger partial charge in [-0.3, -0.25) is 5.41 Å². The lowest BCUT2D eigenvalue weighted by atomic mass is 9.89. The number of nitrogens with one attached hydrogen (secondary N) is 2. The first-order valence-electron chi connectivity index (χ1n) is 10.8. The van der Waals surface area contributed by atoms with Gasteiger partial charge in [-0.15, -0.1) is 17.3 Å². The van der Waals surface area contributed by atoms with Crippen molar-refractivity contribution in [1.82, 2.24) is 5.32 Å². The van der Waals surface area contributed by atoms with E-state index in [1.165, 1.54) is 4.70 Å². The quantitative estimate of drug-likeness (QED) is 0.554. The van der Waals surface area contributed by atoms with Gasteiger partial charge in [-0.1, -0.05) is 12.0 Å². The number of fused-ring (bicyclic) bond motifs is 3. The molecular weight excluding hydrogens is 440 g/mol. The van der Waals surface area contributed by atoms with E-state index in [1.807, 2.05) is 26.0 Å². The molecule has 2 aromatic carbocycles. The molecule has 2 fully saturated rings. The van der Waals surface area contributed by atoms with E-state index in [2.05, 4.69) is 41.4 Å². The Bertz CT molecular complexity index is 1430. The summed E-state index contributed by atoms with van der Waals surface area (Å²) in [6.45, 7) is 6.02. The van der Waals surface area contributed by atoms with E-state index >= 15 is 0 Å². The lowest BCUT2D eigenvalue weighted by molar-refractivity contribution is -0.0568. The molecule has 7 heteroatoms. The van der Waals surface area contributed by atoms with Gasteiger partial charge in [-0.25, -0.2) is 8.42 Å². The van der Waals surface area contributed by atoms with Gasteiger partial charge in [-0.2, -0.15) is 0 Å². The molecule has 5 nitrogen and oxygen atoms in total. The van der Waals surface area contributed by atoms with Crippen molar-refractivity contribution >= 4 is 47.2 Å². The van der Waals surface area contributed by atoms with Gasteiger partial charge in [0.05, 0.1) is 17.4 Å². The van der Waals surface area contributed by atoms with Crippen LogP contribution in [0.25, 0.3) is 20.2 Å². The Labute approximate surface area is 192 Å². The van der Waals surface area contributed by atoms with E-state index in [9.17, 15) is 8.42 Å².